The van der Waals surface area contributed by atoms with Gasteiger partial charge in [0.25, 0.3) is 0 Å². The second-order valence-corrected chi connectivity index (χ2v) is 2.45. The smallest absolute Gasteiger partial charge is 0.227 e. The van der Waals surface area contributed by atoms with E-state index in [9.17, 15) is 4.79 Å². The van der Waals surface area contributed by atoms with Crippen LogP contribution in [0.1, 0.15) is 30.0 Å². The van der Waals surface area contributed by atoms with E-state index in [2.05, 4.69) is 9.97 Å². The molecule has 0 atom stereocenters. The van der Waals surface area contributed by atoms with Gasteiger partial charge in [-0.1, -0.05) is 6.92 Å². The molecule has 0 saturated carbocycles. The normalized spacial score (nSPS) is 9.69. The predicted octanol–water partition coefficient (Wildman–Crippen LogP) is 1.25. The van der Waals surface area contributed by atoms with Crippen molar-refractivity contribution in [2.75, 3.05) is 6.61 Å². The molecule has 0 aromatic carbocycles. The quantitative estimate of drug-likeness (QED) is 0.654. The summed E-state index contributed by atoms with van der Waals surface area (Å²) in [6.45, 7) is 4.30. The highest BCUT2D eigenvalue weighted by Crippen LogP contribution is 2.12. The van der Waals surface area contributed by atoms with E-state index in [1.54, 1.807) is 0 Å². The summed E-state index contributed by atoms with van der Waals surface area (Å²) in [6.07, 6.45) is 2.92. The zero-order valence-electron chi connectivity index (χ0n) is 7.78. The Balaban J connectivity index is 3.02. The Morgan fingerprint density at radius 3 is 2.85 bits per heavy atom. The Morgan fingerprint density at radius 1 is 1.54 bits per heavy atom. The monoisotopic (exact) mass is 180 g/mol. The Bertz CT molecular complexity index is 300. The number of rotatable bonds is 4. The number of hydrogen-bond acceptors (Lipinski definition) is 4. The lowest BCUT2D eigenvalue weighted by atomic mass is 10.3. The lowest BCUT2D eigenvalue weighted by Gasteiger charge is -2.04. The molecule has 0 aliphatic rings. The van der Waals surface area contributed by atoms with Gasteiger partial charge >= 0.3 is 0 Å². The molecule has 1 aromatic rings. The van der Waals surface area contributed by atoms with Crippen molar-refractivity contribution in [3.05, 3.63) is 17.6 Å². The van der Waals surface area contributed by atoms with Crippen LogP contribution in [0.4, 0.5) is 0 Å². The molecular formula is C9H12N2O2. The molecule has 0 aliphatic carbocycles. The first-order valence-corrected chi connectivity index (χ1v) is 4.25. The fourth-order valence-corrected chi connectivity index (χ4v) is 0.913. The summed E-state index contributed by atoms with van der Waals surface area (Å²) >= 11 is 0. The van der Waals surface area contributed by atoms with E-state index in [4.69, 9.17) is 4.74 Å². The van der Waals surface area contributed by atoms with E-state index < -0.39 is 0 Å². The molecule has 13 heavy (non-hydrogen) atoms. The molecule has 0 aliphatic heterocycles. The van der Waals surface area contributed by atoms with Crippen molar-refractivity contribution in [1.82, 2.24) is 9.97 Å². The van der Waals surface area contributed by atoms with Crippen LogP contribution in [0.5, 0.6) is 5.88 Å². The Labute approximate surface area is 77.0 Å². The van der Waals surface area contributed by atoms with Crippen LogP contribution in [0.2, 0.25) is 0 Å². The van der Waals surface area contributed by atoms with Crippen molar-refractivity contribution in [3.63, 3.8) is 0 Å². The largest absolute Gasteiger partial charge is 0.477 e. The number of aldehydes is 1. The van der Waals surface area contributed by atoms with Gasteiger partial charge in [0.05, 0.1) is 12.2 Å². The van der Waals surface area contributed by atoms with Crippen molar-refractivity contribution < 1.29 is 9.53 Å². The minimum atomic E-state index is 0.379. The third-order valence-corrected chi connectivity index (χ3v) is 1.55. The number of nitrogens with zero attached hydrogens (tertiary/aromatic N) is 2. The van der Waals surface area contributed by atoms with E-state index in [0.717, 1.165) is 6.42 Å². The average molecular weight is 180 g/mol. The third-order valence-electron chi connectivity index (χ3n) is 1.55. The Kier molecular flexibility index (Phi) is 3.37. The Hall–Kier alpha value is -1.45. The van der Waals surface area contributed by atoms with Crippen LogP contribution in [0.25, 0.3) is 0 Å². The molecule has 1 rings (SSSR count). The van der Waals surface area contributed by atoms with E-state index in [-0.39, 0.29) is 0 Å². The van der Waals surface area contributed by atoms with Gasteiger partial charge in [0.15, 0.2) is 6.29 Å². The van der Waals surface area contributed by atoms with Gasteiger partial charge in [-0.15, -0.1) is 0 Å². The van der Waals surface area contributed by atoms with Crippen LogP contribution in [-0.2, 0) is 6.42 Å². The highest BCUT2D eigenvalue weighted by atomic mass is 16.5. The first kappa shape index (κ1) is 9.64. The summed E-state index contributed by atoms with van der Waals surface area (Å²) in [7, 11) is 0. The molecule has 0 radical (unpaired) electrons. The topological polar surface area (TPSA) is 52.1 Å². The maximum absolute atomic E-state index is 10.5. The molecule has 0 amide bonds. The van der Waals surface area contributed by atoms with Gasteiger partial charge in [-0.05, 0) is 6.92 Å². The maximum Gasteiger partial charge on any atom is 0.227 e. The number of aromatic nitrogens is 2. The van der Waals surface area contributed by atoms with Crippen molar-refractivity contribution >= 4 is 6.29 Å². The second kappa shape index (κ2) is 4.54. The number of carbonyl (C=O) groups is 1. The van der Waals surface area contributed by atoms with E-state index in [1.165, 1.54) is 6.20 Å². The van der Waals surface area contributed by atoms with Crippen molar-refractivity contribution in [1.29, 1.82) is 0 Å². The van der Waals surface area contributed by atoms with Crippen LogP contribution >= 0.6 is 0 Å². The molecule has 70 valence electrons. The minimum absolute atomic E-state index is 0.379. The molecule has 4 nitrogen and oxygen atoms in total. The maximum atomic E-state index is 10.5. The summed E-state index contributed by atoms with van der Waals surface area (Å²) in [5, 5.41) is 0. The van der Waals surface area contributed by atoms with E-state index >= 15 is 0 Å². The first-order valence-electron chi connectivity index (χ1n) is 4.25. The van der Waals surface area contributed by atoms with Gasteiger partial charge < -0.3 is 4.74 Å². The number of carbonyl (C=O) groups excluding carboxylic acids is 1. The van der Waals surface area contributed by atoms with E-state index in [1.807, 2.05) is 13.8 Å². The third kappa shape index (κ3) is 2.24. The fraction of sp³-hybridized carbons (Fsp3) is 0.444. The molecule has 0 spiro atoms. The first-order chi connectivity index (χ1) is 6.31. The van der Waals surface area contributed by atoms with Crippen molar-refractivity contribution in [3.8, 4) is 5.88 Å². The standard InChI is InChI=1S/C9H12N2O2/c1-3-8-10-5-7(6-12)9(11-8)13-4-2/h5-6H,3-4H2,1-2H3. The van der Waals surface area contributed by atoms with Gasteiger partial charge in [-0.2, -0.15) is 4.98 Å². The molecule has 0 saturated heterocycles. The number of hydrogen-bond donors (Lipinski definition) is 0. The lowest BCUT2D eigenvalue weighted by molar-refractivity contribution is 0.111. The van der Waals surface area contributed by atoms with Crippen LogP contribution in [0.15, 0.2) is 6.20 Å². The average Bonchev–Trinajstić information content (AvgIpc) is 2.18. The molecule has 0 unspecified atom stereocenters. The van der Waals surface area contributed by atoms with Gasteiger partial charge in [0, 0.05) is 12.6 Å². The van der Waals surface area contributed by atoms with Gasteiger partial charge in [-0.25, -0.2) is 4.98 Å². The zero-order valence-corrected chi connectivity index (χ0v) is 7.78. The summed E-state index contributed by atoms with van der Waals surface area (Å²) in [6, 6.07) is 0. The van der Waals surface area contributed by atoms with Crippen LogP contribution in [0, 0.1) is 0 Å². The van der Waals surface area contributed by atoms with Crippen LogP contribution in [-0.4, -0.2) is 22.9 Å². The minimum Gasteiger partial charge on any atom is -0.477 e. The van der Waals surface area contributed by atoms with E-state index in [0.29, 0.717) is 30.2 Å². The van der Waals surface area contributed by atoms with Gasteiger partial charge in [0.1, 0.15) is 5.82 Å². The summed E-state index contributed by atoms with van der Waals surface area (Å²) in [4.78, 5) is 18.6. The molecule has 1 aromatic heterocycles. The molecule has 0 fully saturated rings. The highest BCUT2D eigenvalue weighted by Gasteiger charge is 2.05. The Morgan fingerprint density at radius 2 is 2.31 bits per heavy atom. The second-order valence-electron chi connectivity index (χ2n) is 2.45. The number of ether oxygens (including phenoxy) is 1. The van der Waals surface area contributed by atoms with Gasteiger partial charge in [0.2, 0.25) is 5.88 Å². The molecule has 0 bridgehead atoms. The molecule has 1 heterocycles. The highest BCUT2D eigenvalue weighted by molar-refractivity contribution is 5.77. The lowest BCUT2D eigenvalue weighted by Crippen LogP contribution is -2.03. The van der Waals surface area contributed by atoms with Crippen molar-refractivity contribution in [2.24, 2.45) is 0 Å². The SMILES string of the molecule is CCOc1nc(CC)ncc1C=O. The fourth-order valence-electron chi connectivity index (χ4n) is 0.913. The van der Waals surface area contributed by atoms with Crippen molar-refractivity contribution in [2.45, 2.75) is 20.3 Å². The van der Waals surface area contributed by atoms with Crippen LogP contribution < -0.4 is 4.74 Å². The summed E-state index contributed by atoms with van der Waals surface area (Å²) in [5.41, 5.74) is 0.402. The summed E-state index contributed by atoms with van der Waals surface area (Å²) in [5.74, 6) is 1.07. The summed E-state index contributed by atoms with van der Waals surface area (Å²) < 4.78 is 5.19. The van der Waals surface area contributed by atoms with Crippen LogP contribution in [0.3, 0.4) is 0 Å². The zero-order chi connectivity index (χ0) is 9.68. The predicted molar refractivity (Wildman–Crippen MR) is 48.0 cm³/mol. The molecule has 0 N–H and O–H groups in total. The number of aryl methyl sites for hydroxylation is 1. The van der Waals surface area contributed by atoms with Gasteiger partial charge in [-0.3, -0.25) is 4.79 Å². The molecular weight excluding hydrogens is 168 g/mol. The molecule has 4 heteroatoms.